The number of nitrogens with one attached hydrogen (secondary N) is 1. The first kappa shape index (κ1) is 16.1. The molecule has 0 heterocycles. The monoisotopic (exact) mass is 347 g/mol. The molecule has 1 aromatic carbocycles. The summed E-state index contributed by atoms with van der Waals surface area (Å²) in [6.45, 7) is 4.14. The Morgan fingerprint density at radius 2 is 1.96 bits per heavy atom. The standard InChI is InChI=1S/C19H25NO3S/c1-18(2)15-8-9-19(18,17(21)11-15)12-24(22,23)20-16-7-6-13-4-3-5-14(13)10-16/h6-7,10,15,20H,3-5,8-9,11-12H2,1-2H3/t15-,19+/m1/s1. The average molecular weight is 347 g/mol. The highest BCUT2D eigenvalue weighted by molar-refractivity contribution is 7.92. The number of hydrogen-bond donors (Lipinski definition) is 1. The second-order valence-corrected chi connectivity index (χ2v) is 10.1. The topological polar surface area (TPSA) is 63.2 Å². The zero-order valence-electron chi connectivity index (χ0n) is 14.4. The molecule has 2 atom stereocenters. The number of aryl methyl sites for hydroxylation is 2. The fourth-order valence-corrected chi connectivity index (χ4v) is 7.17. The van der Waals surface area contributed by atoms with Crippen molar-refractivity contribution in [2.75, 3.05) is 10.5 Å². The molecule has 2 fully saturated rings. The molecule has 4 rings (SSSR count). The molecule has 1 aromatic rings. The Kier molecular flexibility index (Phi) is 3.41. The summed E-state index contributed by atoms with van der Waals surface area (Å²) < 4.78 is 28.3. The molecule has 2 bridgehead atoms. The number of anilines is 1. The van der Waals surface area contributed by atoms with Crippen LogP contribution >= 0.6 is 0 Å². The summed E-state index contributed by atoms with van der Waals surface area (Å²) in [6.07, 6.45) is 5.44. The van der Waals surface area contributed by atoms with Gasteiger partial charge in [0.15, 0.2) is 0 Å². The summed E-state index contributed by atoms with van der Waals surface area (Å²) in [5, 5.41) is 0. The number of hydrogen-bond acceptors (Lipinski definition) is 3. The van der Waals surface area contributed by atoms with Gasteiger partial charge in [-0.05, 0) is 66.7 Å². The lowest BCUT2D eigenvalue weighted by Gasteiger charge is -2.36. The first-order valence-corrected chi connectivity index (χ1v) is 10.5. The molecule has 0 saturated heterocycles. The lowest BCUT2D eigenvalue weighted by Crippen LogP contribution is -2.43. The van der Waals surface area contributed by atoms with Gasteiger partial charge in [0, 0.05) is 12.1 Å². The Hall–Kier alpha value is -1.36. The maximum atomic E-state index is 12.8. The molecular weight excluding hydrogens is 322 g/mol. The Bertz CT molecular complexity index is 812. The Morgan fingerprint density at radius 1 is 1.21 bits per heavy atom. The van der Waals surface area contributed by atoms with Gasteiger partial charge in [-0.2, -0.15) is 0 Å². The molecule has 5 heteroatoms. The Balaban J connectivity index is 1.59. The van der Waals surface area contributed by atoms with E-state index in [4.69, 9.17) is 0 Å². The SMILES string of the molecule is CC1(C)[C@@H]2CC[C@]1(CS(=O)(=O)Nc1ccc3c(c1)CCC3)C(=O)C2. The minimum absolute atomic E-state index is 0.0839. The van der Waals surface area contributed by atoms with Gasteiger partial charge < -0.3 is 0 Å². The molecule has 130 valence electrons. The molecule has 0 unspecified atom stereocenters. The number of Topliss-reactive ketones (excluding diaryl/α,β-unsaturated/α-hetero) is 1. The third kappa shape index (κ3) is 2.24. The highest BCUT2D eigenvalue weighted by Crippen LogP contribution is 2.64. The molecule has 3 aliphatic carbocycles. The second-order valence-electron chi connectivity index (χ2n) is 8.36. The van der Waals surface area contributed by atoms with Crippen LogP contribution in [0.4, 0.5) is 5.69 Å². The van der Waals surface area contributed by atoms with Crippen molar-refractivity contribution in [3.63, 3.8) is 0 Å². The van der Waals surface area contributed by atoms with Crippen molar-refractivity contribution in [1.82, 2.24) is 0 Å². The second kappa shape index (κ2) is 5.07. The van der Waals surface area contributed by atoms with E-state index in [9.17, 15) is 13.2 Å². The largest absolute Gasteiger partial charge is 0.299 e. The van der Waals surface area contributed by atoms with Crippen molar-refractivity contribution in [1.29, 1.82) is 0 Å². The fourth-order valence-electron chi connectivity index (χ4n) is 5.28. The van der Waals surface area contributed by atoms with E-state index >= 15 is 0 Å². The van der Waals surface area contributed by atoms with Gasteiger partial charge in [-0.25, -0.2) is 8.42 Å². The van der Waals surface area contributed by atoms with Crippen molar-refractivity contribution < 1.29 is 13.2 Å². The molecule has 4 nitrogen and oxygen atoms in total. The molecule has 0 aromatic heterocycles. The summed E-state index contributed by atoms with van der Waals surface area (Å²) in [5.74, 6) is 0.391. The molecule has 1 N–H and O–H groups in total. The zero-order chi connectivity index (χ0) is 17.2. The van der Waals surface area contributed by atoms with Crippen LogP contribution in [0, 0.1) is 16.7 Å². The Labute approximate surface area is 144 Å². The number of fused-ring (bicyclic) bond motifs is 3. The first-order chi connectivity index (χ1) is 11.2. The summed E-state index contributed by atoms with van der Waals surface area (Å²) >= 11 is 0. The number of carbonyl (C=O) groups is 1. The van der Waals surface area contributed by atoms with Crippen LogP contribution < -0.4 is 4.72 Å². The quantitative estimate of drug-likeness (QED) is 0.909. The molecule has 3 aliphatic rings. The lowest BCUT2D eigenvalue weighted by molar-refractivity contribution is -0.128. The van der Waals surface area contributed by atoms with Gasteiger partial charge in [0.2, 0.25) is 10.0 Å². The van der Waals surface area contributed by atoms with Crippen molar-refractivity contribution in [2.24, 2.45) is 16.7 Å². The van der Waals surface area contributed by atoms with E-state index in [0.29, 0.717) is 24.4 Å². The normalized spacial score (nSPS) is 30.6. The molecule has 0 aliphatic heterocycles. The summed E-state index contributed by atoms with van der Waals surface area (Å²) in [7, 11) is -3.55. The average Bonchev–Trinajstić information content (AvgIpc) is 3.08. The number of ketones is 1. The van der Waals surface area contributed by atoms with Gasteiger partial charge in [-0.3, -0.25) is 9.52 Å². The minimum atomic E-state index is -3.55. The van der Waals surface area contributed by atoms with E-state index in [1.54, 1.807) is 0 Å². The van der Waals surface area contributed by atoms with Crippen LogP contribution in [-0.4, -0.2) is 20.0 Å². The van der Waals surface area contributed by atoms with Crippen LogP contribution in [0.3, 0.4) is 0 Å². The Morgan fingerprint density at radius 3 is 2.62 bits per heavy atom. The zero-order valence-corrected chi connectivity index (χ0v) is 15.2. The number of benzene rings is 1. The molecule has 0 spiro atoms. The van der Waals surface area contributed by atoms with E-state index in [2.05, 4.69) is 18.6 Å². The molecule has 24 heavy (non-hydrogen) atoms. The highest BCUT2D eigenvalue weighted by atomic mass is 32.2. The van der Waals surface area contributed by atoms with Gasteiger partial charge in [-0.1, -0.05) is 19.9 Å². The summed E-state index contributed by atoms with van der Waals surface area (Å²) in [6, 6.07) is 5.82. The van der Waals surface area contributed by atoms with Crippen molar-refractivity contribution in [3.05, 3.63) is 29.3 Å². The maximum Gasteiger partial charge on any atom is 0.233 e. The van der Waals surface area contributed by atoms with Gasteiger partial charge >= 0.3 is 0 Å². The van der Waals surface area contributed by atoms with E-state index in [-0.39, 0.29) is 17.0 Å². The van der Waals surface area contributed by atoms with E-state index in [1.165, 1.54) is 11.1 Å². The van der Waals surface area contributed by atoms with Crippen LogP contribution in [-0.2, 0) is 27.7 Å². The smallest absolute Gasteiger partial charge is 0.233 e. The summed E-state index contributed by atoms with van der Waals surface area (Å²) in [4.78, 5) is 12.6. The van der Waals surface area contributed by atoms with Crippen LogP contribution in [0.15, 0.2) is 18.2 Å². The summed E-state index contributed by atoms with van der Waals surface area (Å²) in [5.41, 5.74) is 2.26. The molecule has 2 saturated carbocycles. The van der Waals surface area contributed by atoms with Crippen molar-refractivity contribution >= 4 is 21.5 Å². The molecule has 0 radical (unpaired) electrons. The van der Waals surface area contributed by atoms with E-state index in [1.807, 2.05) is 18.2 Å². The first-order valence-electron chi connectivity index (χ1n) is 8.89. The van der Waals surface area contributed by atoms with Crippen molar-refractivity contribution in [2.45, 2.75) is 52.4 Å². The van der Waals surface area contributed by atoms with Gasteiger partial charge in [0.05, 0.1) is 11.2 Å². The van der Waals surface area contributed by atoms with E-state index in [0.717, 1.165) is 25.7 Å². The lowest BCUT2D eigenvalue weighted by atomic mass is 9.70. The number of carbonyl (C=O) groups excluding carboxylic acids is 1. The fraction of sp³-hybridized carbons (Fsp3) is 0.632. The van der Waals surface area contributed by atoms with Crippen LogP contribution in [0.25, 0.3) is 0 Å². The van der Waals surface area contributed by atoms with Crippen LogP contribution in [0.5, 0.6) is 0 Å². The maximum absolute atomic E-state index is 12.8. The van der Waals surface area contributed by atoms with Crippen molar-refractivity contribution in [3.8, 4) is 0 Å². The third-order valence-electron chi connectivity index (χ3n) is 6.95. The molecule has 0 amide bonds. The van der Waals surface area contributed by atoms with Gasteiger partial charge in [0.25, 0.3) is 0 Å². The van der Waals surface area contributed by atoms with Crippen LogP contribution in [0.1, 0.15) is 50.7 Å². The predicted octanol–water partition coefficient (Wildman–Crippen LogP) is 3.31. The van der Waals surface area contributed by atoms with E-state index < -0.39 is 15.4 Å². The highest BCUT2D eigenvalue weighted by Gasteiger charge is 2.65. The molecular formula is C19H25NO3S. The number of rotatable bonds is 4. The third-order valence-corrected chi connectivity index (χ3v) is 8.37. The predicted molar refractivity (Wildman–Crippen MR) is 94.4 cm³/mol. The van der Waals surface area contributed by atoms with Gasteiger partial charge in [0.1, 0.15) is 5.78 Å². The van der Waals surface area contributed by atoms with Gasteiger partial charge in [-0.15, -0.1) is 0 Å². The number of sulfonamides is 1. The minimum Gasteiger partial charge on any atom is -0.299 e. The van der Waals surface area contributed by atoms with Crippen LogP contribution in [0.2, 0.25) is 0 Å².